The molecule has 0 spiro atoms. The van der Waals surface area contributed by atoms with Gasteiger partial charge in [-0.15, -0.1) is 0 Å². The van der Waals surface area contributed by atoms with Gasteiger partial charge in [0, 0.05) is 0 Å². The highest BCUT2D eigenvalue weighted by atomic mass is 14.5. The van der Waals surface area contributed by atoms with E-state index in [0.29, 0.717) is 0 Å². The van der Waals surface area contributed by atoms with Crippen molar-refractivity contribution < 1.29 is 0 Å². The van der Waals surface area contributed by atoms with E-state index in [1.807, 2.05) is 0 Å². The first-order valence-electron chi connectivity index (χ1n) is 5.70. The first kappa shape index (κ1) is 8.59. The summed E-state index contributed by atoms with van der Waals surface area (Å²) < 4.78 is 0. The van der Waals surface area contributed by atoms with Crippen molar-refractivity contribution in [3.63, 3.8) is 0 Å². The van der Waals surface area contributed by atoms with Crippen LogP contribution in [0.1, 0.15) is 46.5 Å². The topological polar surface area (TPSA) is 0 Å². The zero-order valence-corrected chi connectivity index (χ0v) is 8.72. The third-order valence-electron chi connectivity index (χ3n) is 4.62. The minimum Gasteiger partial charge on any atom is -0.0622 e. The molecule has 70 valence electrons. The van der Waals surface area contributed by atoms with Crippen molar-refractivity contribution in [3.8, 4) is 0 Å². The van der Waals surface area contributed by atoms with Crippen LogP contribution >= 0.6 is 0 Å². The van der Waals surface area contributed by atoms with Gasteiger partial charge in [0.2, 0.25) is 0 Å². The monoisotopic (exact) mass is 166 g/mol. The van der Waals surface area contributed by atoms with Crippen LogP contribution < -0.4 is 0 Å². The van der Waals surface area contributed by atoms with E-state index in [0.717, 1.165) is 29.6 Å². The van der Waals surface area contributed by atoms with E-state index in [4.69, 9.17) is 0 Å². The van der Waals surface area contributed by atoms with Crippen molar-refractivity contribution >= 4 is 0 Å². The molecule has 12 heavy (non-hydrogen) atoms. The zero-order valence-electron chi connectivity index (χ0n) is 8.72. The molecular weight excluding hydrogens is 144 g/mol. The first-order valence-corrected chi connectivity index (χ1v) is 5.70. The second-order valence-electron chi connectivity index (χ2n) is 5.32. The van der Waals surface area contributed by atoms with Gasteiger partial charge in [-0.25, -0.2) is 0 Å². The molecule has 0 amide bonds. The van der Waals surface area contributed by atoms with Gasteiger partial charge in [0.25, 0.3) is 0 Å². The van der Waals surface area contributed by atoms with Gasteiger partial charge in [-0.1, -0.05) is 40.0 Å². The Morgan fingerprint density at radius 2 is 1.67 bits per heavy atom. The predicted molar refractivity (Wildman–Crippen MR) is 52.9 cm³/mol. The molecule has 2 saturated carbocycles. The maximum absolute atomic E-state index is 2.48. The molecule has 2 aliphatic rings. The van der Waals surface area contributed by atoms with Gasteiger partial charge >= 0.3 is 0 Å². The van der Waals surface area contributed by atoms with E-state index < -0.39 is 0 Å². The standard InChI is InChI=1S/C12H22/c1-8-5-4-6-11-7-9(2)10(3)12(8)11/h8-12H,4-7H2,1-3H3/t8?,9-,10?,11?,12?/m1/s1. The lowest BCUT2D eigenvalue weighted by atomic mass is 9.72. The van der Waals surface area contributed by atoms with E-state index in [-0.39, 0.29) is 0 Å². The fourth-order valence-corrected chi connectivity index (χ4v) is 3.85. The molecule has 2 rings (SSSR count). The number of hydrogen-bond donors (Lipinski definition) is 0. The van der Waals surface area contributed by atoms with Crippen molar-refractivity contribution in [1.82, 2.24) is 0 Å². The Labute approximate surface area is 76.7 Å². The minimum absolute atomic E-state index is 1.00. The number of fused-ring (bicyclic) bond motifs is 1. The Bertz CT molecular complexity index is 161. The molecule has 2 fully saturated rings. The van der Waals surface area contributed by atoms with Crippen LogP contribution in [0.2, 0.25) is 0 Å². The Balaban J connectivity index is 2.12. The second-order valence-corrected chi connectivity index (χ2v) is 5.32. The van der Waals surface area contributed by atoms with Crippen LogP contribution in [0, 0.1) is 29.6 Å². The van der Waals surface area contributed by atoms with E-state index in [9.17, 15) is 0 Å². The van der Waals surface area contributed by atoms with Crippen LogP contribution in [-0.4, -0.2) is 0 Å². The average Bonchev–Trinajstić information content (AvgIpc) is 2.29. The van der Waals surface area contributed by atoms with E-state index in [1.54, 1.807) is 0 Å². The molecule has 0 aliphatic heterocycles. The largest absolute Gasteiger partial charge is 0.0622 e. The quantitative estimate of drug-likeness (QED) is 0.514. The minimum atomic E-state index is 1.00. The van der Waals surface area contributed by atoms with Crippen molar-refractivity contribution in [2.75, 3.05) is 0 Å². The molecule has 4 unspecified atom stereocenters. The molecule has 0 nitrogen and oxygen atoms in total. The van der Waals surface area contributed by atoms with Crippen molar-refractivity contribution in [2.24, 2.45) is 29.6 Å². The van der Waals surface area contributed by atoms with Gasteiger partial charge in [-0.3, -0.25) is 0 Å². The lowest BCUT2D eigenvalue weighted by Gasteiger charge is -2.34. The van der Waals surface area contributed by atoms with Crippen LogP contribution in [0.25, 0.3) is 0 Å². The molecular formula is C12H22. The third kappa shape index (κ3) is 1.20. The predicted octanol–water partition coefficient (Wildman–Crippen LogP) is 3.71. The summed E-state index contributed by atoms with van der Waals surface area (Å²) in [5.41, 5.74) is 0. The summed E-state index contributed by atoms with van der Waals surface area (Å²) in [6.45, 7) is 7.41. The van der Waals surface area contributed by atoms with Gasteiger partial charge in [0.1, 0.15) is 0 Å². The Morgan fingerprint density at radius 3 is 2.33 bits per heavy atom. The second kappa shape index (κ2) is 3.05. The summed E-state index contributed by atoms with van der Waals surface area (Å²) in [5.74, 6) is 5.20. The van der Waals surface area contributed by atoms with Crippen molar-refractivity contribution in [2.45, 2.75) is 46.5 Å². The molecule has 0 saturated heterocycles. The normalized spacial score (nSPS) is 53.8. The molecule has 0 heteroatoms. The summed E-state index contributed by atoms with van der Waals surface area (Å²) >= 11 is 0. The average molecular weight is 166 g/mol. The molecule has 0 N–H and O–H groups in total. The van der Waals surface area contributed by atoms with Gasteiger partial charge in [-0.05, 0) is 36.0 Å². The summed E-state index contributed by atoms with van der Waals surface area (Å²) in [7, 11) is 0. The van der Waals surface area contributed by atoms with Crippen molar-refractivity contribution in [3.05, 3.63) is 0 Å². The maximum Gasteiger partial charge on any atom is -0.0332 e. The first-order chi connectivity index (χ1) is 5.70. The molecule has 0 radical (unpaired) electrons. The van der Waals surface area contributed by atoms with Gasteiger partial charge < -0.3 is 0 Å². The molecule has 2 aliphatic carbocycles. The maximum atomic E-state index is 2.48. The summed E-state index contributed by atoms with van der Waals surface area (Å²) in [6, 6.07) is 0. The zero-order chi connectivity index (χ0) is 8.72. The van der Waals surface area contributed by atoms with Gasteiger partial charge in [-0.2, -0.15) is 0 Å². The molecule has 0 aromatic carbocycles. The molecule has 0 heterocycles. The summed E-state index contributed by atoms with van der Waals surface area (Å²) in [4.78, 5) is 0. The van der Waals surface area contributed by atoms with Crippen LogP contribution in [0.5, 0.6) is 0 Å². The fraction of sp³-hybridized carbons (Fsp3) is 1.00. The molecule has 0 aromatic rings. The van der Waals surface area contributed by atoms with Gasteiger partial charge in [0.15, 0.2) is 0 Å². The molecule has 0 bridgehead atoms. The smallest absolute Gasteiger partial charge is 0.0332 e. The lowest BCUT2D eigenvalue weighted by Crippen LogP contribution is -2.26. The summed E-state index contributed by atoms with van der Waals surface area (Å²) in [6.07, 6.45) is 6.06. The van der Waals surface area contributed by atoms with Crippen LogP contribution in [0.4, 0.5) is 0 Å². The summed E-state index contributed by atoms with van der Waals surface area (Å²) in [5, 5.41) is 0. The van der Waals surface area contributed by atoms with Crippen molar-refractivity contribution in [1.29, 1.82) is 0 Å². The van der Waals surface area contributed by atoms with E-state index in [2.05, 4.69) is 20.8 Å². The third-order valence-corrected chi connectivity index (χ3v) is 4.62. The molecule has 5 atom stereocenters. The highest BCUT2D eigenvalue weighted by Gasteiger charge is 2.42. The fourth-order valence-electron chi connectivity index (χ4n) is 3.85. The van der Waals surface area contributed by atoms with E-state index >= 15 is 0 Å². The highest BCUT2D eigenvalue weighted by molar-refractivity contribution is 4.91. The van der Waals surface area contributed by atoms with Crippen LogP contribution in [-0.2, 0) is 0 Å². The number of hydrogen-bond acceptors (Lipinski definition) is 0. The lowest BCUT2D eigenvalue weighted by molar-refractivity contribution is 0.158. The Kier molecular flexibility index (Phi) is 2.18. The Morgan fingerprint density at radius 1 is 0.917 bits per heavy atom. The van der Waals surface area contributed by atoms with Gasteiger partial charge in [0.05, 0.1) is 0 Å². The SMILES string of the molecule is CC1CCCC2C[C@@H](C)C(C)C12. The Hall–Kier alpha value is 0. The van der Waals surface area contributed by atoms with Crippen LogP contribution in [0.15, 0.2) is 0 Å². The number of rotatable bonds is 0. The highest BCUT2D eigenvalue weighted by Crippen LogP contribution is 2.50. The van der Waals surface area contributed by atoms with E-state index in [1.165, 1.54) is 25.7 Å². The van der Waals surface area contributed by atoms with Crippen LogP contribution in [0.3, 0.4) is 0 Å². The molecule has 0 aromatic heterocycles.